The molecule has 21 atom stereocenters. The van der Waals surface area contributed by atoms with Gasteiger partial charge in [-0.1, -0.05) is 53.2 Å². The minimum atomic E-state index is -1.57. The molecule has 0 aromatic carbocycles. The zero-order valence-electron chi connectivity index (χ0n) is 35.1. The Morgan fingerprint density at radius 1 is 0.768 bits per heavy atom. The molecule has 0 aromatic rings. The lowest BCUT2D eigenvalue weighted by atomic mass is 9.33. The van der Waals surface area contributed by atoms with E-state index < -0.39 is 97.8 Å². The lowest BCUT2D eigenvalue weighted by molar-refractivity contribution is -0.348. The summed E-state index contributed by atoms with van der Waals surface area (Å²) in [5.41, 5.74) is -1.06. The molecular formula is C43H74O13. The SMILES string of the molecule is CC(C)=CCC[C@](C)(OC1O[C@H](CO)[C@@H](O)[C@H](O)[C@H]1O)[C@H]1CC[C@]2(C)[C@@H]1[C@H](C)C[C@@H]1[C@@]3(C)CC[C@H](O)C(C)(C)[C@@H]3[C@@H](OC3O[C@H](CO)[C@@H](O)[C@H](O)[C@H]3O)C[C@]12C. The topological polar surface area (TPSA) is 219 Å². The van der Waals surface area contributed by atoms with Crippen LogP contribution >= 0.6 is 0 Å². The molecule has 0 bridgehead atoms. The van der Waals surface area contributed by atoms with Crippen LogP contribution < -0.4 is 0 Å². The van der Waals surface area contributed by atoms with Crippen molar-refractivity contribution >= 4 is 0 Å². The van der Waals surface area contributed by atoms with Crippen molar-refractivity contribution in [2.45, 2.75) is 193 Å². The number of aliphatic hydroxyl groups is 9. The number of allylic oxidation sites excluding steroid dienone is 2. The van der Waals surface area contributed by atoms with Crippen molar-refractivity contribution in [3.8, 4) is 0 Å². The standard InChI is InChI=1S/C43H74O13/c1-21(2)11-10-14-43(9,56-38-35(52)33(50)31(48)26(20-45)55-38)23-12-16-41(7)29(23)22(3)17-27-40(6)15-13-28(46)39(4,5)36(40)24(18-42(27,41)8)53-37-34(51)32(49)30(47)25(19-44)54-37/h11,22-38,44-52H,10,12-20H2,1-9H3/t22-,23+,24+,25-,26-,27-,28+,29-,30-,31-,32+,33+,34-,35-,36+,37?,38?,40-,41-,42-,43+/m1/s1. The van der Waals surface area contributed by atoms with Gasteiger partial charge in [0.1, 0.15) is 48.8 Å². The zero-order valence-corrected chi connectivity index (χ0v) is 35.1. The molecule has 2 unspecified atom stereocenters. The Kier molecular flexibility index (Phi) is 12.7. The molecule has 0 aromatic heterocycles. The van der Waals surface area contributed by atoms with Gasteiger partial charge in [0.15, 0.2) is 12.6 Å². The highest BCUT2D eigenvalue weighted by Crippen LogP contribution is 2.77. The van der Waals surface area contributed by atoms with Gasteiger partial charge in [-0.15, -0.1) is 0 Å². The molecule has 0 spiro atoms. The molecule has 0 amide bonds. The maximum Gasteiger partial charge on any atom is 0.187 e. The van der Waals surface area contributed by atoms with Crippen LogP contribution in [0, 0.1) is 51.2 Å². The van der Waals surface area contributed by atoms with E-state index in [1.807, 2.05) is 0 Å². The minimum Gasteiger partial charge on any atom is -0.394 e. The van der Waals surface area contributed by atoms with Crippen LogP contribution in [-0.2, 0) is 18.9 Å². The summed E-state index contributed by atoms with van der Waals surface area (Å²) in [5.74, 6) is 0.540. The van der Waals surface area contributed by atoms with Crippen LogP contribution in [0.2, 0.25) is 0 Å². The molecule has 9 N–H and O–H groups in total. The second-order valence-corrected chi connectivity index (χ2v) is 20.7. The summed E-state index contributed by atoms with van der Waals surface area (Å²) in [6.07, 6.45) is -6.85. The van der Waals surface area contributed by atoms with Gasteiger partial charge in [-0.05, 0) is 123 Å². The number of hydrogen-bond donors (Lipinski definition) is 9. The molecule has 4 aliphatic carbocycles. The first-order valence-electron chi connectivity index (χ1n) is 21.3. The molecule has 4 saturated carbocycles. The van der Waals surface area contributed by atoms with Crippen molar-refractivity contribution < 1.29 is 64.9 Å². The summed E-state index contributed by atoms with van der Waals surface area (Å²) in [6, 6.07) is 0. The molecule has 6 rings (SSSR count). The fourth-order valence-electron chi connectivity index (χ4n) is 13.9. The molecule has 13 heteroatoms. The first kappa shape index (κ1) is 44.8. The van der Waals surface area contributed by atoms with Crippen molar-refractivity contribution in [3.05, 3.63) is 11.6 Å². The van der Waals surface area contributed by atoms with E-state index in [2.05, 4.69) is 68.4 Å². The molecule has 2 heterocycles. The molecule has 2 aliphatic heterocycles. The number of hydrogen-bond acceptors (Lipinski definition) is 13. The van der Waals surface area contributed by atoms with Gasteiger partial charge in [0.05, 0.1) is 31.0 Å². The highest BCUT2D eigenvalue weighted by molar-refractivity contribution is 5.21. The van der Waals surface area contributed by atoms with Gasteiger partial charge in [-0.25, -0.2) is 0 Å². The minimum absolute atomic E-state index is 0.0122. The smallest absolute Gasteiger partial charge is 0.187 e. The van der Waals surface area contributed by atoms with Crippen LogP contribution in [0.5, 0.6) is 0 Å². The highest BCUT2D eigenvalue weighted by Gasteiger charge is 2.73. The fraction of sp³-hybridized carbons (Fsp3) is 0.953. The van der Waals surface area contributed by atoms with E-state index in [0.717, 1.165) is 32.1 Å². The average Bonchev–Trinajstić information content (AvgIpc) is 3.52. The quantitative estimate of drug-likeness (QED) is 0.115. The molecule has 0 radical (unpaired) electrons. The van der Waals surface area contributed by atoms with Crippen LogP contribution in [-0.4, -0.2) is 138 Å². The van der Waals surface area contributed by atoms with Crippen LogP contribution in [0.15, 0.2) is 11.6 Å². The number of rotatable bonds is 10. The molecule has 6 aliphatic rings. The van der Waals surface area contributed by atoms with Crippen molar-refractivity contribution in [1.29, 1.82) is 0 Å². The Bertz CT molecular complexity index is 1400. The van der Waals surface area contributed by atoms with Gasteiger partial charge in [0.2, 0.25) is 0 Å². The van der Waals surface area contributed by atoms with Gasteiger partial charge in [0, 0.05) is 0 Å². The number of ether oxygens (including phenoxy) is 4. The third-order valence-corrected chi connectivity index (χ3v) is 16.9. The van der Waals surface area contributed by atoms with Crippen molar-refractivity contribution in [3.63, 3.8) is 0 Å². The van der Waals surface area contributed by atoms with Crippen molar-refractivity contribution in [2.24, 2.45) is 51.2 Å². The molecular weight excluding hydrogens is 724 g/mol. The maximum absolute atomic E-state index is 11.5. The van der Waals surface area contributed by atoms with E-state index in [0.29, 0.717) is 19.3 Å². The third-order valence-electron chi connectivity index (χ3n) is 16.9. The maximum atomic E-state index is 11.5. The van der Waals surface area contributed by atoms with E-state index in [9.17, 15) is 46.0 Å². The zero-order chi connectivity index (χ0) is 41.5. The van der Waals surface area contributed by atoms with E-state index >= 15 is 0 Å². The highest BCUT2D eigenvalue weighted by atomic mass is 16.7. The number of aliphatic hydroxyl groups excluding tert-OH is 9. The molecule has 13 nitrogen and oxygen atoms in total. The Labute approximate surface area is 333 Å². The van der Waals surface area contributed by atoms with Gasteiger partial charge >= 0.3 is 0 Å². The Morgan fingerprint density at radius 3 is 1.91 bits per heavy atom. The van der Waals surface area contributed by atoms with Gasteiger partial charge < -0.3 is 64.9 Å². The third kappa shape index (κ3) is 7.08. The van der Waals surface area contributed by atoms with E-state index in [1.54, 1.807) is 0 Å². The molecule has 6 fully saturated rings. The second kappa shape index (κ2) is 15.9. The molecule has 324 valence electrons. The van der Waals surface area contributed by atoms with Gasteiger partial charge in [0.25, 0.3) is 0 Å². The Hall–Kier alpha value is -0.780. The second-order valence-electron chi connectivity index (χ2n) is 20.7. The Morgan fingerprint density at radius 2 is 1.34 bits per heavy atom. The summed E-state index contributed by atoms with van der Waals surface area (Å²) >= 11 is 0. The summed E-state index contributed by atoms with van der Waals surface area (Å²) < 4.78 is 25.7. The van der Waals surface area contributed by atoms with E-state index in [1.165, 1.54) is 5.57 Å². The first-order valence-corrected chi connectivity index (χ1v) is 21.3. The van der Waals surface area contributed by atoms with Crippen molar-refractivity contribution in [1.82, 2.24) is 0 Å². The summed E-state index contributed by atoms with van der Waals surface area (Å²) in [7, 11) is 0. The molecule has 2 saturated heterocycles. The molecule has 56 heavy (non-hydrogen) atoms. The van der Waals surface area contributed by atoms with E-state index in [4.69, 9.17) is 18.9 Å². The summed E-state index contributed by atoms with van der Waals surface area (Å²) in [6.45, 7) is 18.8. The average molecular weight is 799 g/mol. The van der Waals surface area contributed by atoms with Crippen molar-refractivity contribution in [2.75, 3.05) is 13.2 Å². The normalized spacial score (nSPS) is 52.6. The predicted molar refractivity (Wildman–Crippen MR) is 205 cm³/mol. The first-order chi connectivity index (χ1) is 26.0. The van der Waals surface area contributed by atoms with Crippen LogP contribution in [0.3, 0.4) is 0 Å². The Balaban J connectivity index is 1.39. The summed E-state index contributed by atoms with van der Waals surface area (Å²) in [5, 5.41) is 96.5. The van der Waals surface area contributed by atoms with E-state index in [-0.39, 0.29) is 45.8 Å². The number of fused-ring (bicyclic) bond motifs is 5. The van der Waals surface area contributed by atoms with Crippen LogP contribution in [0.1, 0.15) is 114 Å². The lowest BCUT2D eigenvalue weighted by Crippen LogP contribution is -2.70. The van der Waals surface area contributed by atoms with Gasteiger partial charge in [-0.3, -0.25) is 0 Å². The largest absolute Gasteiger partial charge is 0.394 e. The fourth-order valence-corrected chi connectivity index (χ4v) is 13.9. The van der Waals surface area contributed by atoms with Crippen LogP contribution in [0.25, 0.3) is 0 Å². The monoisotopic (exact) mass is 799 g/mol. The lowest BCUT2D eigenvalue weighted by Gasteiger charge is -2.72. The predicted octanol–water partition coefficient (Wildman–Crippen LogP) is 2.40. The summed E-state index contributed by atoms with van der Waals surface area (Å²) in [4.78, 5) is 0. The van der Waals surface area contributed by atoms with Crippen LogP contribution in [0.4, 0.5) is 0 Å². The van der Waals surface area contributed by atoms with Gasteiger partial charge in [-0.2, -0.15) is 0 Å².